The molecule has 2 aromatic carbocycles. The molecule has 1 heterocycles. The van der Waals surface area contributed by atoms with E-state index in [0.717, 1.165) is 16.5 Å². The van der Waals surface area contributed by atoms with Crippen molar-refractivity contribution in [3.8, 4) is 6.07 Å². The molecule has 0 aromatic heterocycles. The van der Waals surface area contributed by atoms with Crippen molar-refractivity contribution in [2.45, 2.75) is 6.10 Å². The molecular weight excluding hydrogens is 266 g/mol. The van der Waals surface area contributed by atoms with Gasteiger partial charge in [0.15, 0.2) is 6.10 Å². The Labute approximate surface area is 122 Å². The smallest absolute Gasteiger partial charge is 0.322 e. The normalized spacial score (nSPS) is 18.2. The van der Waals surface area contributed by atoms with E-state index in [1.54, 1.807) is 4.90 Å². The van der Waals surface area contributed by atoms with Gasteiger partial charge in [0.2, 0.25) is 0 Å². The second kappa shape index (κ2) is 5.81. The number of carbonyl (C=O) groups is 1. The minimum Gasteiger partial charge on any atom is -0.360 e. The first-order valence-electron chi connectivity index (χ1n) is 6.83. The van der Waals surface area contributed by atoms with E-state index in [1.165, 1.54) is 0 Å². The van der Waals surface area contributed by atoms with Crippen LogP contribution >= 0.6 is 0 Å². The lowest BCUT2D eigenvalue weighted by Gasteiger charge is -2.29. The van der Waals surface area contributed by atoms with Crippen molar-refractivity contribution in [2.24, 2.45) is 0 Å². The SMILES string of the molecule is N#CC1CN(C(=O)Nc2cccc3ccccc23)CCO1. The first-order valence-corrected chi connectivity index (χ1v) is 6.83. The number of nitrogens with one attached hydrogen (secondary N) is 1. The number of anilines is 1. The summed E-state index contributed by atoms with van der Waals surface area (Å²) in [6.45, 7) is 1.18. The summed E-state index contributed by atoms with van der Waals surface area (Å²) in [4.78, 5) is 13.9. The Kier molecular flexibility index (Phi) is 3.71. The van der Waals surface area contributed by atoms with Crippen LogP contribution in [0.15, 0.2) is 42.5 Å². The highest BCUT2D eigenvalue weighted by molar-refractivity contribution is 6.01. The van der Waals surface area contributed by atoms with Crippen LogP contribution in [0.4, 0.5) is 10.5 Å². The molecule has 2 aromatic rings. The van der Waals surface area contributed by atoms with Gasteiger partial charge in [-0.2, -0.15) is 5.26 Å². The molecule has 21 heavy (non-hydrogen) atoms. The number of rotatable bonds is 1. The van der Waals surface area contributed by atoms with Gasteiger partial charge in [-0.05, 0) is 11.5 Å². The maximum Gasteiger partial charge on any atom is 0.322 e. The number of carbonyl (C=O) groups excluding carboxylic acids is 1. The highest BCUT2D eigenvalue weighted by atomic mass is 16.5. The van der Waals surface area contributed by atoms with Crippen LogP contribution in [0, 0.1) is 11.3 Å². The Balaban J connectivity index is 1.79. The third-order valence-electron chi connectivity index (χ3n) is 3.53. The summed E-state index contributed by atoms with van der Waals surface area (Å²) in [5, 5.41) is 13.9. The maximum absolute atomic E-state index is 12.3. The van der Waals surface area contributed by atoms with Gasteiger partial charge in [-0.15, -0.1) is 0 Å². The molecule has 1 atom stereocenters. The molecule has 2 amide bonds. The summed E-state index contributed by atoms with van der Waals surface area (Å²) < 4.78 is 5.25. The van der Waals surface area contributed by atoms with Gasteiger partial charge in [0, 0.05) is 11.9 Å². The Hall–Kier alpha value is -2.58. The molecule has 0 spiro atoms. The van der Waals surface area contributed by atoms with E-state index in [4.69, 9.17) is 10.00 Å². The number of benzene rings is 2. The third kappa shape index (κ3) is 2.81. The monoisotopic (exact) mass is 281 g/mol. The van der Waals surface area contributed by atoms with Crippen LogP contribution < -0.4 is 5.32 Å². The molecule has 1 aliphatic heterocycles. The van der Waals surface area contributed by atoms with Crippen molar-refractivity contribution >= 4 is 22.5 Å². The highest BCUT2D eigenvalue weighted by Crippen LogP contribution is 2.23. The molecule has 0 saturated carbocycles. The molecule has 1 unspecified atom stereocenters. The van der Waals surface area contributed by atoms with Crippen molar-refractivity contribution in [2.75, 3.05) is 25.0 Å². The summed E-state index contributed by atoms with van der Waals surface area (Å²) in [6, 6.07) is 15.5. The van der Waals surface area contributed by atoms with E-state index >= 15 is 0 Å². The third-order valence-corrected chi connectivity index (χ3v) is 3.53. The van der Waals surface area contributed by atoms with E-state index in [-0.39, 0.29) is 6.03 Å². The van der Waals surface area contributed by atoms with E-state index in [2.05, 4.69) is 5.32 Å². The molecule has 0 radical (unpaired) electrons. The molecule has 106 valence electrons. The van der Waals surface area contributed by atoms with Crippen LogP contribution in [0.5, 0.6) is 0 Å². The molecule has 5 nitrogen and oxygen atoms in total. The predicted molar refractivity (Wildman–Crippen MR) is 79.9 cm³/mol. The number of nitriles is 1. The van der Waals surface area contributed by atoms with E-state index in [9.17, 15) is 4.79 Å². The number of hydrogen-bond donors (Lipinski definition) is 1. The summed E-state index contributed by atoms with van der Waals surface area (Å²) in [7, 11) is 0. The summed E-state index contributed by atoms with van der Waals surface area (Å²) in [5.74, 6) is 0. The lowest BCUT2D eigenvalue weighted by atomic mass is 10.1. The molecule has 3 rings (SSSR count). The number of nitrogens with zero attached hydrogens (tertiary/aromatic N) is 2. The number of fused-ring (bicyclic) bond motifs is 1. The number of hydrogen-bond acceptors (Lipinski definition) is 3. The zero-order chi connectivity index (χ0) is 14.7. The van der Waals surface area contributed by atoms with Crippen molar-refractivity contribution in [1.82, 2.24) is 4.90 Å². The highest BCUT2D eigenvalue weighted by Gasteiger charge is 2.24. The zero-order valence-electron chi connectivity index (χ0n) is 11.5. The van der Waals surface area contributed by atoms with E-state index in [0.29, 0.717) is 19.7 Å². The van der Waals surface area contributed by atoms with Crippen molar-refractivity contribution in [3.63, 3.8) is 0 Å². The van der Waals surface area contributed by atoms with Crippen LogP contribution in [-0.4, -0.2) is 36.7 Å². The first-order chi connectivity index (χ1) is 10.3. The van der Waals surface area contributed by atoms with Crippen LogP contribution in [0.3, 0.4) is 0 Å². The second-order valence-corrected chi connectivity index (χ2v) is 4.89. The van der Waals surface area contributed by atoms with E-state index < -0.39 is 6.10 Å². The number of amides is 2. The largest absolute Gasteiger partial charge is 0.360 e. The number of urea groups is 1. The van der Waals surface area contributed by atoms with Gasteiger partial charge >= 0.3 is 6.03 Å². The summed E-state index contributed by atoms with van der Waals surface area (Å²) in [6.07, 6.45) is -0.544. The van der Waals surface area contributed by atoms with Gasteiger partial charge in [-0.1, -0.05) is 36.4 Å². The van der Waals surface area contributed by atoms with E-state index in [1.807, 2.05) is 48.5 Å². The first kappa shape index (κ1) is 13.4. The summed E-state index contributed by atoms with van der Waals surface area (Å²) in [5.41, 5.74) is 0.776. The Morgan fingerprint density at radius 2 is 2.10 bits per heavy atom. The Morgan fingerprint density at radius 1 is 1.29 bits per heavy atom. The van der Waals surface area contributed by atoms with Crippen molar-refractivity contribution < 1.29 is 9.53 Å². The molecule has 1 N–H and O–H groups in total. The molecule has 1 saturated heterocycles. The van der Waals surface area contributed by atoms with Gasteiger partial charge in [-0.25, -0.2) is 4.79 Å². The van der Waals surface area contributed by atoms with Gasteiger partial charge in [-0.3, -0.25) is 0 Å². The van der Waals surface area contributed by atoms with Gasteiger partial charge < -0.3 is 15.0 Å². The minimum atomic E-state index is -0.544. The Bertz CT molecular complexity index is 703. The quantitative estimate of drug-likeness (QED) is 0.873. The van der Waals surface area contributed by atoms with Gasteiger partial charge in [0.05, 0.1) is 24.9 Å². The second-order valence-electron chi connectivity index (χ2n) is 4.89. The molecule has 5 heteroatoms. The number of ether oxygens (including phenoxy) is 1. The molecule has 1 fully saturated rings. The fraction of sp³-hybridized carbons (Fsp3) is 0.250. The fourth-order valence-electron chi connectivity index (χ4n) is 2.44. The zero-order valence-corrected chi connectivity index (χ0v) is 11.5. The molecular formula is C16H15N3O2. The van der Waals surface area contributed by atoms with Crippen LogP contribution in [-0.2, 0) is 4.74 Å². The van der Waals surface area contributed by atoms with Crippen molar-refractivity contribution in [3.05, 3.63) is 42.5 Å². The average Bonchev–Trinajstić information content (AvgIpc) is 2.55. The molecule has 0 aliphatic carbocycles. The topological polar surface area (TPSA) is 65.4 Å². The molecule has 1 aliphatic rings. The van der Waals surface area contributed by atoms with Crippen molar-refractivity contribution in [1.29, 1.82) is 5.26 Å². The van der Waals surface area contributed by atoms with Crippen LogP contribution in [0.25, 0.3) is 10.8 Å². The number of morpholine rings is 1. The average molecular weight is 281 g/mol. The van der Waals surface area contributed by atoms with Gasteiger partial charge in [0.1, 0.15) is 0 Å². The fourth-order valence-corrected chi connectivity index (χ4v) is 2.44. The lowest BCUT2D eigenvalue weighted by molar-refractivity contribution is 0.0181. The summed E-state index contributed by atoms with van der Waals surface area (Å²) >= 11 is 0. The lowest BCUT2D eigenvalue weighted by Crippen LogP contribution is -2.46. The Morgan fingerprint density at radius 3 is 2.95 bits per heavy atom. The predicted octanol–water partition coefficient (Wildman–Crippen LogP) is 2.60. The van der Waals surface area contributed by atoms with Crippen LogP contribution in [0.1, 0.15) is 0 Å². The minimum absolute atomic E-state index is 0.199. The maximum atomic E-state index is 12.3. The van der Waals surface area contributed by atoms with Gasteiger partial charge in [0.25, 0.3) is 0 Å². The standard InChI is InChI=1S/C16H15N3O2/c17-10-13-11-19(8-9-21-13)16(20)18-15-7-3-5-12-4-1-2-6-14(12)15/h1-7,13H,8-9,11H2,(H,18,20). The van der Waals surface area contributed by atoms with Crippen LogP contribution in [0.2, 0.25) is 0 Å². The molecule has 0 bridgehead atoms.